The number of anilines is 3. The molecule has 1 aliphatic rings. The standard InChI is InChI=1S/C20H25N3O3S.C2H6/c1-5-23(4)18-12-17-15(7-9-20(24)21-17)11-19(18)27(25,26)22-16-8-6-13(2)14(3)10-16;1-2/h6,8,10-12H,5,7,9H2,1-4H3,(H2-,21,22,24,25,26);1-2H3/p+1. The van der Waals surface area contributed by atoms with Gasteiger partial charge < -0.3 is 10.2 Å². The van der Waals surface area contributed by atoms with E-state index >= 15 is 0 Å². The second kappa shape index (κ2) is 9.41. The average Bonchev–Trinajstić information content (AvgIpc) is 2.70. The van der Waals surface area contributed by atoms with Gasteiger partial charge in [0.1, 0.15) is 0 Å². The second-order valence-electron chi connectivity index (χ2n) is 6.97. The third kappa shape index (κ3) is 5.16. The molecule has 1 amide bonds. The van der Waals surface area contributed by atoms with Gasteiger partial charge in [0, 0.05) is 31.8 Å². The molecule has 2 aromatic carbocycles. The molecule has 1 aliphatic heterocycles. The first-order valence-corrected chi connectivity index (χ1v) is 11.5. The van der Waals surface area contributed by atoms with E-state index in [0.29, 0.717) is 41.3 Å². The number of nitrogens with one attached hydrogen (secondary N) is 2. The van der Waals surface area contributed by atoms with Crippen molar-refractivity contribution in [3.8, 4) is 0 Å². The Bertz CT molecular complexity index is 943. The fourth-order valence-corrected chi connectivity index (χ4v) is 4.46. The minimum absolute atomic E-state index is 0.0293. The topological polar surface area (TPSA) is 81.7 Å². The SMILES string of the molecule is CC.CCN(C)c1cc2c(cc1[S+](=O)(O)Nc1ccc(C)c(C)c1)CCC(=O)N2. The van der Waals surface area contributed by atoms with Crippen molar-refractivity contribution in [2.75, 3.05) is 28.5 Å². The van der Waals surface area contributed by atoms with Gasteiger partial charge in [0.2, 0.25) is 10.8 Å². The quantitative estimate of drug-likeness (QED) is 0.595. The molecule has 7 heteroatoms. The van der Waals surface area contributed by atoms with E-state index in [0.717, 1.165) is 16.7 Å². The van der Waals surface area contributed by atoms with Gasteiger partial charge in [-0.15, -0.1) is 0 Å². The van der Waals surface area contributed by atoms with Crippen molar-refractivity contribution in [2.24, 2.45) is 0 Å². The van der Waals surface area contributed by atoms with Gasteiger partial charge in [0.15, 0.2) is 0 Å². The molecule has 0 aliphatic carbocycles. The lowest BCUT2D eigenvalue weighted by Crippen LogP contribution is -2.27. The predicted molar refractivity (Wildman–Crippen MR) is 122 cm³/mol. The highest BCUT2D eigenvalue weighted by Gasteiger charge is 2.36. The number of rotatable bonds is 5. The molecule has 3 rings (SSSR count). The number of hydrogen-bond acceptors (Lipinski definition) is 3. The molecule has 29 heavy (non-hydrogen) atoms. The van der Waals surface area contributed by atoms with Gasteiger partial charge in [-0.05, 0) is 66.3 Å². The van der Waals surface area contributed by atoms with Gasteiger partial charge in [0.25, 0.3) is 0 Å². The maximum Gasteiger partial charge on any atom is 0.348 e. The van der Waals surface area contributed by atoms with Crippen LogP contribution in [0.2, 0.25) is 0 Å². The first-order chi connectivity index (χ1) is 13.7. The largest absolute Gasteiger partial charge is 0.371 e. The summed E-state index contributed by atoms with van der Waals surface area (Å²) in [6.45, 7) is 10.6. The van der Waals surface area contributed by atoms with Crippen molar-refractivity contribution in [1.82, 2.24) is 0 Å². The Hall–Kier alpha value is -2.38. The number of aryl methyl sites for hydroxylation is 3. The minimum Gasteiger partial charge on any atom is -0.371 e. The number of hydrogen-bond donors (Lipinski definition) is 3. The van der Waals surface area contributed by atoms with E-state index < -0.39 is 10.4 Å². The van der Waals surface area contributed by atoms with Gasteiger partial charge in [-0.1, -0.05) is 19.9 Å². The monoisotopic (exact) mass is 418 g/mol. The summed E-state index contributed by atoms with van der Waals surface area (Å²) in [5, 5.41) is 2.86. The highest BCUT2D eigenvalue weighted by Crippen LogP contribution is 2.36. The van der Waals surface area contributed by atoms with Crippen LogP contribution in [0.4, 0.5) is 17.1 Å². The summed E-state index contributed by atoms with van der Waals surface area (Å²) in [7, 11) is -1.67. The lowest BCUT2D eigenvalue weighted by Gasteiger charge is -2.24. The zero-order valence-corrected chi connectivity index (χ0v) is 18.9. The van der Waals surface area contributed by atoms with E-state index in [1.54, 1.807) is 18.2 Å². The van der Waals surface area contributed by atoms with Crippen LogP contribution < -0.4 is 14.9 Å². The summed E-state index contributed by atoms with van der Waals surface area (Å²) in [6, 6.07) is 9.14. The van der Waals surface area contributed by atoms with E-state index in [1.165, 1.54) is 0 Å². The molecule has 158 valence electrons. The Morgan fingerprint density at radius 2 is 1.83 bits per heavy atom. The number of carbonyl (C=O) groups is 1. The van der Waals surface area contributed by atoms with Gasteiger partial charge >= 0.3 is 10.4 Å². The van der Waals surface area contributed by atoms with E-state index in [2.05, 4.69) is 10.0 Å². The molecule has 0 aromatic heterocycles. The molecule has 0 saturated heterocycles. The van der Waals surface area contributed by atoms with Crippen molar-refractivity contribution >= 4 is 33.4 Å². The van der Waals surface area contributed by atoms with Crippen LogP contribution in [0.5, 0.6) is 0 Å². The van der Waals surface area contributed by atoms with Gasteiger partial charge in [-0.3, -0.25) is 4.79 Å². The Kier molecular flexibility index (Phi) is 7.43. The molecule has 0 radical (unpaired) electrons. The first kappa shape index (κ1) is 22.9. The number of fused-ring (bicyclic) bond motifs is 1. The van der Waals surface area contributed by atoms with E-state index in [-0.39, 0.29) is 5.91 Å². The zero-order valence-electron chi connectivity index (χ0n) is 18.1. The number of amides is 1. The highest BCUT2D eigenvalue weighted by molar-refractivity contribution is 7.99. The van der Waals surface area contributed by atoms with Gasteiger partial charge in [0.05, 0.1) is 11.4 Å². The molecule has 1 heterocycles. The fourth-order valence-electron chi connectivity index (χ4n) is 3.10. The third-order valence-corrected chi connectivity index (χ3v) is 6.46. The van der Waals surface area contributed by atoms with Crippen molar-refractivity contribution < 1.29 is 13.6 Å². The van der Waals surface area contributed by atoms with Crippen LogP contribution >= 0.6 is 0 Å². The fraction of sp³-hybridized carbons (Fsp3) is 0.409. The molecule has 0 saturated carbocycles. The summed E-state index contributed by atoms with van der Waals surface area (Å²) >= 11 is 0. The normalized spacial score (nSPS) is 14.7. The van der Waals surface area contributed by atoms with Gasteiger partial charge in [-0.2, -0.15) is 9.27 Å². The molecular weight excluding hydrogens is 386 g/mol. The molecule has 1 atom stereocenters. The molecule has 0 bridgehead atoms. The predicted octanol–water partition coefficient (Wildman–Crippen LogP) is 5.03. The van der Waals surface area contributed by atoms with Crippen LogP contribution in [0.1, 0.15) is 43.9 Å². The second-order valence-corrected chi connectivity index (χ2v) is 8.66. The molecule has 1 unspecified atom stereocenters. The number of benzene rings is 2. The Labute approximate surface area is 175 Å². The molecule has 6 nitrogen and oxygen atoms in total. The molecule has 2 aromatic rings. The molecule has 0 spiro atoms. The van der Waals surface area contributed by atoms with Crippen molar-refractivity contribution in [3.63, 3.8) is 0 Å². The zero-order chi connectivity index (χ0) is 21.8. The van der Waals surface area contributed by atoms with Gasteiger partial charge in [-0.25, -0.2) is 0 Å². The summed E-state index contributed by atoms with van der Waals surface area (Å²) in [4.78, 5) is 13.9. The van der Waals surface area contributed by atoms with Crippen LogP contribution in [0.3, 0.4) is 0 Å². The first-order valence-electron chi connectivity index (χ1n) is 10.0. The Morgan fingerprint density at radius 1 is 1.14 bits per heavy atom. The van der Waals surface area contributed by atoms with Crippen molar-refractivity contribution in [3.05, 3.63) is 47.0 Å². The minimum atomic E-state index is -3.53. The van der Waals surface area contributed by atoms with Crippen molar-refractivity contribution in [1.29, 1.82) is 0 Å². The lowest BCUT2D eigenvalue weighted by atomic mass is 10.0. The van der Waals surface area contributed by atoms with E-state index in [4.69, 9.17) is 0 Å². The number of nitrogens with zero attached hydrogens (tertiary/aromatic N) is 1. The Morgan fingerprint density at radius 3 is 2.45 bits per heavy atom. The Balaban J connectivity index is 0.00000145. The summed E-state index contributed by atoms with van der Waals surface area (Å²) in [5.74, 6) is -0.0293. The van der Waals surface area contributed by atoms with Crippen LogP contribution in [-0.4, -0.2) is 24.1 Å². The van der Waals surface area contributed by atoms with Crippen LogP contribution in [0.25, 0.3) is 0 Å². The average molecular weight is 419 g/mol. The highest BCUT2D eigenvalue weighted by atomic mass is 32.3. The molecule has 0 fully saturated rings. The van der Waals surface area contributed by atoms with Crippen LogP contribution in [0, 0.1) is 13.8 Å². The third-order valence-electron chi connectivity index (χ3n) is 5.03. The van der Waals surface area contributed by atoms with Crippen LogP contribution in [0.15, 0.2) is 35.2 Å². The van der Waals surface area contributed by atoms with E-state index in [1.807, 2.05) is 58.7 Å². The lowest BCUT2D eigenvalue weighted by molar-refractivity contribution is -0.116. The maximum atomic E-state index is 13.3. The number of carbonyl (C=O) groups excluding carboxylic acids is 1. The molecule has 3 N–H and O–H groups in total. The summed E-state index contributed by atoms with van der Waals surface area (Å²) < 4.78 is 27.0. The maximum absolute atomic E-state index is 13.3. The summed E-state index contributed by atoms with van der Waals surface area (Å²) in [6.07, 6.45) is 0.941. The molecular formula is C22H32N3O3S+. The van der Waals surface area contributed by atoms with Crippen molar-refractivity contribution in [2.45, 2.75) is 52.4 Å². The summed E-state index contributed by atoms with van der Waals surface area (Å²) in [5.41, 5.74) is 4.99. The van der Waals surface area contributed by atoms with Crippen LogP contribution in [-0.2, 0) is 25.8 Å². The smallest absolute Gasteiger partial charge is 0.348 e. The van der Waals surface area contributed by atoms with E-state index in [9.17, 15) is 13.6 Å².